The Balaban J connectivity index is 1.77. The summed E-state index contributed by atoms with van der Waals surface area (Å²) in [6, 6.07) is 12.2. The lowest BCUT2D eigenvalue weighted by atomic mass is 10.1. The van der Waals surface area contributed by atoms with Crippen LogP contribution in [0.3, 0.4) is 0 Å². The monoisotopic (exact) mass is 363 g/mol. The predicted molar refractivity (Wildman–Crippen MR) is 114 cm³/mol. The summed E-state index contributed by atoms with van der Waals surface area (Å²) in [6.07, 6.45) is 13.3. The van der Waals surface area contributed by atoms with Crippen molar-refractivity contribution in [1.29, 1.82) is 0 Å². The molecule has 0 bridgehead atoms. The van der Waals surface area contributed by atoms with Crippen molar-refractivity contribution in [3.63, 3.8) is 0 Å². The van der Waals surface area contributed by atoms with Gasteiger partial charge in [0.1, 0.15) is 11.4 Å². The van der Waals surface area contributed by atoms with E-state index in [0.29, 0.717) is 0 Å². The van der Waals surface area contributed by atoms with Crippen LogP contribution in [0.15, 0.2) is 42.6 Å². The van der Waals surface area contributed by atoms with Gasteiger partial charge in [0.05, 0.1) is 6.61 Å². The quantitative estimate of drug-likeness (QED) is 0.333. The van der Waals surface area contributed by atoms with Gasteiger partial charge in [0.25, 0.3) is 0 Å². The third kappa shape index (κ3) is 8.78. The largest absolute Gasteiger partial charge is 0.494 e. The Morgan fingerprint density at radius 2 is 1.52 bits per heavy atom. The third-order valence-corrected chi connectivity index (χ3v) is 4.60. The van der Waals surface area contributed by atoms with Gasteiger partial charge >= 0.3 is 0 Å². The Hall–Kier alpha value is -2.27. The van der Waals surface area contributed by atoms with E-state index in [1.807, 2.05) is 36.5 Å². The maximum Gasteiger partial charge on any atom is 0.119 e. The van der Waals surface area contributed by atoms with Crippen LogP contribution in [0.5, 0.6) is 5.75 Å². The molecule has 1 aromatic carbocycles. The van der Waals surface area contributed by atoms with Crippen molar-refractivity contribution in [2.24, 2.45) is 0 Å². The van der Waals surface area contributed by atoms with Crippen molar-refractivity contribution in [3.05, 3.63) is 59.4 Å². The molecule has 1 heterocycles. The van der Waals surface area contributed by atoms with Crippen molar-refractivity contribution < 1.29 is 4.74 Å². The van der Waals surface area contributed by atoms with Crippen LogP contribution in [-0.2, 0) is 6.42 Å². The van der Waals surface area contributed by atoms with E-state index in [2.05, 4.69) is 36.7 Å². The molecule has 0 fully saturated rings. The van der Waals surface area contributed by atoms with Crippen LogP contribution in [0.4, 0.5) is 0 Å². The van der Waals surface area contributed by atoms with Gasteiger partial charge < -0.3 is 4.74 Å². The molecule has 2 heteroatoms. The number of nitrogens with zero attached hydrogens (tertiary/aromatic N) is 1. The SMILES string of the molecule is CCCCCCCCc1ccc(C#Cc2ccc(OCCCC)cc2)nc1. The molecule has 0 aliphatic heterocycles. The van der Waals surface area contributed by atoms with E-state index in [1.54, 1.807) is 0 Å². The Kier molecular flexibility index (Phi) is 10.1. The third-order valence-electron chi connectivity index (χ3n) is 4.60. The number of unbranched alkanes of at least 4 members (excludes halogenated alkanes) is 6. The second-order valence-corrected chi connectivity index (χ2v) is 7.05. The highest BCUT2D eigenvalue weighted by atomic mass is 16.5. The molecule has 144 valence electrons. The van der Waals surface area contributed by atoms with Gasteiger partial charge in [-0.2, -0.15) is 0 Å². The first-order valence-electron chi connectivity index (χ1n) is 10.5. The Morgan fingerprint density at radius 1 is 0.778 bits per heavy atom. The van der Waals surface area contributed by atoms with Crippen molar-refractivity contribution in [2.75, 3.05) is 6.61 Å². The van der Waals surface area contributed by atoms with Crippen molar-refractivity contribution in [3.8, 4) is 17.6 Å². The fourth-order valence-electron chi connectivity index (χ4n) is 2.86. The molecule has 0 aliphatic rings. The number of hydrogen-bond donors (Lipinski definition) is 0. The molecule has 2 nitrogen and oxygen atoms in total. The molecule has 0 saturated heterocycles. The molecule has 0 atom stereocenters. The van der Waals surface area contributed by atoms with Crippen molar-refractivity contribution in [2.45, 2.75) is 71.6 Å². The molecular formula is C25H33NO. The summed E-state index contributed by atoms with van der Waals surface area (Å²) < 4.78 is 5.68. The Bertz CT molecular complexity index is 692. The van der Waals surface area contributed by atoms with Crippen LogP contribution in [0.25, 0.3) is 0 Å². The lowest BCUT2D eigenvalue weighted by Crippen LogP contribution is -1.95. The zero-order valence-electron chi connectivity index (χ0n) is 17.0. The second-order valence-electron chi connectivity index (χ2n) is 7.05. The molecule has 2 rings (SSSR count). The second kappa shape index (κ2) is 13.0. The molecule has 2 aromatic rings. The van der Waals surface area contributed by atoms with Crippen LogP contribution in [0, 0.1) is 11.8 Å². The van der Waals surface area contributed by atoms with Gasteiger partial charge in [-0.15, -0.1) is 0 Å². The minimum Gasteiger partial charge on any atom is -0.494 e. The lowest BCUT2D eigenvalue weighted by molar-refractivity contribution is 0.309. The minimum atomic E-state index is 0.774. The smallest absolute Gasteiger partial charge is 0.119 e. The molecular weight excluding hydrogens is 330 g/mol. The molecule has 0 unspecified atom stereocenters. The summed E-state index contributed by atoms with van der Waals surface area (Å²) in [5.41, 5.74) is 3.12. The van der Waals surface area contributed by atoms with Crippen LogP contribution in [-0.4, -0.2) is 11.6 Å². The summed E-state index contributed by atoms with van der Waals surface area (Å²) in [5.74, 6) is 7.24. The molecule has 0 amide bonds. The highest BCUT2D eigenvalue weighted by molar-refractivity contribution is 5.42. The Labute approximate surface area is 165 Å². The van der Waals surface area contributed by atoms with E-state index >= 15 is 0 Å². The fourth-order valence-corrected chi connectivity index (χ4v) is 2.86. The van der Waals surface area contributed by atoms with Crippen LogP contribution in [0.1, 0.15) is 82.0 Å². The predicted octanol–water partition coefficient (Wildman–Crippen LogP) is 6.56. The molecule has 0 saturated carbocycles. The molecule has 0 spiro atoms. The summed E-state index contributed by atoms with van der Waals surface area (Å²) in [6.45, 7) is 5.20. The lowest BCUT2D eigenvalue weighted by Gasteiger charge is -2.04. The van der Waals surface area contributed by atoms with Gasteiger partial charge in [-0.05, 0) is 61.1 Å². The average Bonchev–Trinajstić information content (AvgIpc) is 2.71. The van der Waals surface area contributed by atoms with E-state index in [4.69, 9.17) is 4.74 Å². The summed E-state index contributed by atoms with van der Waals surface area (Å²) in [5, 5.41) is 0. The van der Waals surface area contributed by atoms with Gasteiger partial charge in [-0.1, -0.05) is 64.4 Å². The van der Waals surface area contributed by atoms with E-state index in [-0.39, 0.29) is 0 Å². The van der Waals surface area contributed by atoms with Gasteiger partial charge in [0.15, 0.2) is 0 Å². The highest BCUT2D eigenvalue weighted by Gasteiger charge is 1.97. The van der Waals surface area contributed by atoms with E-state index in [0.717, 1.165) is 42.9 Å². The van der Waals surface area contributed by atoms with Crippen LogP contribution < -0.4 is 4.74 Å². The van der Waals surface area contributed by atoms with E-state index in [9.17, 15) is 0 Å². The van der Waals surface area contributed by atoms with Crippen molar-refractivity contribution in [1.82, 2.24) is 4.98 Å². The molecule has 0 aliphatic carbocycles. The maximum atomic E-state index is 5.68. The van der Waals surface area contributed by atoms with Gasteiger partial charge in [-0.3, -0.25) is 0 Å². The highest BCUT2D eigenvalue weighted by Crippen LogP contribution is 2.12. The number of rotatable bonds is 11. The standard InChI is InChI=1S/C25H33NO/c1-3-5-7-8-9-10-11-23-13-17-24(26-21-23)16-12-22-14-18-25(19-15-22)27-20-6-4-2/h13-15,17-19,21H,3-11,20H2,1-2H3. The number of pyridine rings is 1. The van der Waals surface area contributed by atoms with E-state index < -0.39 is 0 Å². The number of hydrogen-bond acceptors (Lipinski definition) is 2. The number of ether oxygens (including phenoxy) is 1. The maximum absolute atomic E-state index is 5.68. The number of aromatic nitrogens is 1. The van der Waals surface area contributed by atoms with Gasteiger partial charge in [-0.25, -0.2) is 4.98 Å². The first-order valence-corrected chi connectivity index (χ1v) is 10.5. The van der Waals surface area contributed by atoms with Gasteiger partial charge in [0, 0.05) is 11.8 Å². The van der Waals surface area contributed by atoms with Crippen LogP contribution in [0.2, 0.25) is 0 Å². The summed E-state index contributed by atoms with van der Waals surface area (Å²) in [7, 11) is 0. The first kappa shape index (κ1) is 21.0. The zero-order valence-corrected chi connectivity index (χ0v) is 17.0. The first-order chi connectivity index (χ1) is 13.3. The molecule has 0 radical (unpaired) electrons. The topological polar surface area (TPSA) is 22.1 Å². The van der Waals surface area contributed by atoms with E-state index in [1.165, 1.54) is 44.1 Å². The fraction of sp³-hybridized carbons (Fsp3) is 0.480. The molecule has 27 heavy (non-hydrogen) atoms. The van der Waals surface area contributed by atoms with Crippen LogP contribution >= 0.6 is 0 Å². The molecule has 0 N–H and O–H groups in total. The number of aryl methyl sites for hydroxylation is 1. The molecule has 1 aromatic heterocycles. The summed E-state index contributed by atoms with van der Waals surface area (Å²) in [4.78, 5) is 4.49. The number of benzene rings is 1. The zero-order chi connectivity index (χ0) is 19.2. The average molecular weight is 364 g/mol. The summed E-state index contributed by atoms with van der Waals surface area (Å²) >= 11 is 0. The normalized spacial score (nSPS) is 10.3. The minimum absolute atomic E-state index is 0.774. The Morgan fingerprint density at radius 3 is 2.22 bits per heavy atom. The van der Waals surface area contributed by atoms with Gasteiger partial charge in [0.2, 0.25) is 0 Å². The van der Waals surface area contributed by atoms with Crippen molar-refractivity contribution >= 4 is 0 Å².